The predicted molar refractivity (Wildman–Crippen MR) is 103 cm³/mol. The number of carbonyl (C=O) groups excluding carboxylic acids is 2. The van der Waals surface area contributed by atoms with Crippen LogP contribution < -0.4 is 10.6 Å². The number of carbonyl (C=O) groups is 2. The lowest BCUT2D eigenvalue weighted by Crippen LogP contribution is -2.36. The first kappa shape index (κ1) is 17.9. The van der Waals surface area contributed by atoms with Crippen LogP contribution in [0.15, 0.2) is 54.6 Å². The number of likely N-dealkylation sites (N-methyl/N-ethyl adjacent to an activating group) is 1. The highest BCUT2D eigenvalue weighted by Gasteiger charge is 2.15. The van der Waals surface area contributed by atoms with Crippen molar-refractivity contribution in [2.45, 2.75) is 6.92 Å². The molecule has 0 saturated heterocycles. The van der Waals surface area contributed by atoms with Crippen molar-refractivity contribution in [3.05, 3.63) is 65.2 Å². The predicted octanol–water partition coefficient (Wildman–Crippen LogP) is 3.42. The number of para-hydroxylation sites is 1. The minimum atomic E-state index is -0.330. The maximum absolute atomic E-state index is 12.7. The molecular weight excluding hydrogens is 350 g/mol. The molecule has 2 aromatic carbocycles. The zero-order valence-electron chi connectivity index (χ0n) is 14.3. The summed E-state index contributed by atoms with van der Waals surface area (Å²) < 4.78 is 0. The third kappa shape index (κ3) is 3.83. The summed E-state index contributed by atoms with van der Waals surface area (Å²) in [6, 6.07) is 16.4. The van der Waals surface area contributed by atoms with E-state index in [1.165, 1.54) is 0 Å². The quantitative estimate of drug-likeness (QED) is 0.725. The number of fused-ring (bicyclic) bond motifs is 1. The van der Waals surface area contributed by atoms with Gasteiger partial charge in [0.25, 0.3) is 5.91 Å². The van der Waals surface area contributed by atoms with Gasteiger partial charge in [-0.3, -0.25) is 9.59 Å². The van der Waals surface area contributed by atoms with E-state index < -0.39 is 0 Å². The molecule has 3 rings (SSSR count). The van der Waals surface area contributed by atoms with Crippen LogP contribution in [0.25, 0.3) is 22.2 Å². The van der Waals surface area contributed by atoms with Gasteiger partial charge in [0.1, 0.15) is 0 Å². The molecule has 0 aliphatic heterocycles. The average Bonchev–Trinajstić information content (AvgIpc) is 2.66. The normalized spacial score (nSPS) is 10.5. The van der Waals surface area contributed by atoms with Crippen LogP contribution in [-0.2, 0) is 4.79 Å². The second kappa shape index (κ2) is 7.97. The fourth-order valence-corrected chi connectivity index (χ4v) is 2.92. The Hall–Kier alpha value is -2.92. The molecule has 0 aliphatic rings. The molecule has 0 radical (unpaired) electrons. The van der Waals surface area contributed by atoms with E-state index in [1.807, 2.05) is 49.4 Å². The Kier molecular flexibility index (Phi) is 5.49. The van der Waals surface area contributed by atoms with Gasteiger partial charge in [0.05, 0.1) is 23.3 Å². The van der Waals surface area contributed by atoms with Crippen molar-refractivity contribution in [1.82, 2.24) is 15.6 Å². The number of aromatic nitrogens is 1. The Morgan fingerprint density at radius 1 is 1.04 bits per heavy atom. The average molecular weight is 368 g/mol. The zero-order valence-corrected chi connectivity index (χ0v) is 15.0. The first-order valence-corrected chi connectivity index (χ1v) is 8.67. The van der Waals surface area contributed by atoms with E-state index in [0.29, 0.717) is 28.3 Å². The van der Waals surface area contributed by atoms with Crippen LogP contribution in [-0.4, -0.2) is 29.9 Å². The van der Waals surface area contributed by atoms with E-state index in [9.17, 15) is 9.59 Å². The van der Waals surface area contributed by atoms with Crippen LogP contribution in [0.4, 0.5) is 0 Å². The first-order chi connectivity index (χ1) is 12.6. The standard InChI is InChI=1S/C20H18ClN3O2/c1-2-22-19(25)12-23-20(26)15-11-18(14-8-3-5-9-16(14)21)24-17-10-6-4-7-13(15)17/h3-11H,2,12H2,1H3,(H,22,25)(H,23,26). The molecule has 5 nitrogen and oxygen atoms in total. The lowest BCUT2D eigenvalue weighted by Gasteiger charge is -2.11. The summed E-state index contributed by atoms with van der Waals surface area (Å²) in [4.78, 5) is 28.9. The van der Waals surface area contributed by atoms with Crippen molar-refractivity contribution in [2.75, 3.05) is 13.1 Å². The lowest BCUT2D eigenvalue weighted by molar-refractivity contribution is -0.120. The number of benzene rings is 2. The van der Waals surface area contributed by atoms with Crippen molar-refractivity contribution in [3.63, 3.8) is 0 Å². The lowest BCUT2D eigenvalue weighted by atomic mass is 10.0. The van der Waals surface area contributed by atoms with Gasteiger partial charge in [0.15, 0.2) is 0 Å². The van der Waals surface area contributed by atoms with Gasteiger partial charge < -0.3 is 10.6 Å². The van der Waals surface area contributed by atoms with Crippen molar-refractivity contribution in [3.8, 4) is 11.3 Å². The topological polar surface area (TPSA) is 71.1 Å². The summed E-state index contributed by atoms with van der Waals surface area (Å²) in [5.74, 6) is -0.561. The SMILES string of the molecule is CCNC(=O)CNC(=O)c1cc(-c2ccccc2Cl)nc2ccccc12. The number of rotatable bonds is 5. The minimum Gasteiger partial charge on any atom is -0.355 e. The van der Waals surface area contributed by atoms with Crippen LogP contribution in [0.1, 0.15) is 17.3 Å². The zero-order chi connectivity index (χ0) is 18.5. The minimum absolute atomic E-state index is 0.0786. The first-order valence-electron chi connectivity index (χ1n) is 8.29. The van der Waals surface area contributed by atoms with Crippen LogP contribution in [0, 0.1) is 0 Å². The summed E-state index contributed by atoms with van der Waals surface area (Å²) >= 11 is 6.29. The molecule has 2 amide bonds. The summed E-state index contributed by atoms with van der Waals surface area (Å²) in [7, 11) is 0. The number of nitrogens with zero attached hydrogens (tertiary/aromatic N) is 1. The smallest absolute Gasteiger partial charge is 0.252 e. The monoisotopic (exact) mass is 367 g/mol. The van der Waals surface area contributed by atoms with Crippen LogP contribution in [0.2, 0.25) is 5.02 Å². The van der Waals surface area contributed by atoms with Crippen LogP contribution in [0.5, 0.6) is 0 Å². The van der Waals surface area contributed by atoms with E-state index in [2.05, 4.69) is 15.6 Å². The Morgan fingerprint density at radius 3 is 2.54 bits per heavy atom. The summed E-state index contributed by atoms with van der Waals surface area (Å²) in [6.45, 7) is 2.26. The van der Waals surface area contributed by atoms with Gasteiger partial charge >= 0.3 is 0 Å². The fraction of sp³-hybridized carbons (Fsp3) is 0.150. The van der Waals surface area contributed by atoms with E-state index in [0.717, 1.165) is 10.9 Å². The Morgan fingerprint density at radius 2 is 1.77 bits per heavy atom. The molecular formula is C20H18ClN3O2. The molecule has 1 heterocycles. The molecule has 0 bridgehead atoms. The van der Waals surface area contributed by atoms with Gasteiger partial charge in [-0.2, -0.15) is 0 Å². The van der Waals surface area contributed by atoms with Gasteiger partial charge in [-0.1, -0.05) is 48.0 Å². The third-order valence-corrected chi connectivity index (χ3v) is 4.22. The molecule has 0 unspecified atom stereocenters. The number of halogens is 1. The molecule has 0 saturated carbocycles. The summed E-state index contributed by atoms with van der Waals surface area (Å²) in [5.41, 5.74) is 2.50. The second-order valence-electron chi connectivity index (χ2n) is 5.69. The Balaban J connectivity index is 2.02. The third-order valence-electron chi connectivity index (χ3n) is 3.89. The molecule has 26 heavy (non-hydrogen) atoms. The number of hydrogen-bond donors (Lipinski definition) is 2. The number of nitrogens with one attached hydrogen (secondary N) is 2. The molecule has 132 valence electrons. The van der Waals surface area contributed by atoms with E-state index >= 15 is 0 Å². The van der Waals surface area contributed by atoms with Gasteiger partial charge in [-0.05, 0) is 25.1 Å². The Bertz CT molecular complexity index is 972. The van der Waals surface area contributed by atoms with Gasteiger partial charge in [-0.25, -0.2) is 4.98 Å². The van der Waals surface area contributed by atoms with E-state index in [-0.39, 0.29) is 18.4 Å². The highest BCUT2D eigenvalue weighted by molar-refractivity contribution is 6.33. The maximum atomic E-state index is 12.7. The summed E-state index contributed by atoms with van der Waals surface area (Å²) in [5, 5.41) is 6.59. The largest absolute Gasteiger partial charge is 0.355 e. The molecule has 6 heteroatoms. The molecule has 0 atom stereocenters. The number of pyridine rings is 1. The molecule has 3 aromatic rings. The molecule has 0 fully saturated rings. The summed E-state index contributed by atoms with van der Waals surface area (Å²) in [6.07, 6.45) is 0. The highest BCUT2D eigenvalue weighted by atomic mass is 35.5. The van der Waals surface area contributed by atoms with Crippen molar-refractivity contribution in [2.24, 2.45) is 0 Å². The van der Waals surface area contributed by atoms with Crippen LogP contribution >= 0.6 is 11.6 Å². The van der Waals surface area contributed by atoms with Crippen LogP contribution in [0.3, 0.4) is 0 Å². The van der Waals surface area contributed by atoms with Crippen molar-refractivity contribution >= 4 is 34.3 Å². The maximum Gasteiger partial charge on any atom is 0.252 e. The fourth-order valence-electron chi connectivity index (χ4n) is 2.69. The van der Waals surface area contributed by atoms with E-state index in [1.54, 1.807) is 12.1 Å². The molecule has 0 aliphatic carbocycles. The highest BCUT2D eigenvalue weighted by Crippen LogP contribution is 2.29. The van der Waals surface area contributed by atoms with E-state index in [4.69, 9.17) is 11.6 Å². The van der Waals surface area contributed by atoms with Crippen molar-refractivity contribution in [1.29, 1.82) is 0 Å². The van der Waals surface area contributed by atoms with Crippen molar-refractivity contribution < 1.29 is 9.59 Å². The number of hydrogen-bond acceptors (Lipinski definition) is 3. The second-order valence-corrected chi connectivity index (χ2v) is 6.10. The Labute approximate surface area is 156 Å². The van der Waals surface area contributed by atoms with Gasteiger partial charge in [-0.15, -0.1) is 0 Å². The van der Waals surface area contributed by atoms with Gasteiger partial charge in [0, 0.05) is 22.5 Å². The molecule has 1 aromatic heterocycles. The molecule has 0 spiro atoms. The molecule has 2 N–H and O–H groups in total. The van der Waals surface area contributed by atoms with Gasteiger partial charge in [0.2, 0.25) is 5.91 Å². The number of amides is 2.